The molecule has 0 atom stereocenters. The van der Waals surface area contributed by atoms with E-state index < -0.39 is 0 Å². The Hall–Kier alpha value is -2.29. The fourth-order valence-corrected chi connectivity index (χ4v) is 2.83. The van der Waals surface area contributed by atoms with E-state index in [4.69, 9.17) is 0 Å². The van der Waals surface area contributed by atoms with Gasteiger partial charge in [-0.25, -0.2) is 0 Å². The molecule has 1 aliphatic rings. The number of amides is 1. The van der Waals surface area contributed by atoms with Crippen LogP contribution >= 0.6 is 0 Å². The molecule has 114 valence electrons. The average molecular weight is 294 g/mol. The Labute approximate surface area is 132 Å². The summed E-state index contributed by atoms with van der Waals surface area (Å²) >= 11 is 0. The van der Waals surface area contributed by atoms with Crippen LogP contribution in [0.5, 0.6) is 0 Å². The van der Waals surface area contributed by atoms with Gasteiger partial charge in [0.2, 0.25) is 0 Å². The number of nitrogens with zero attached hydrogens (tertiary/aromatic N) is 1. The highest BCUT2D eigenvalue weighted by Crippen LogP contribution is 2.21. The first-order valence-electron chi connectivity index (χ1n) is 8.01. The molecule has 1 aliphatic heterocycles. The minimum atomic E-state index is -0.0581. The summed E-state index contributed by atoms with van der Waals surface area (Å²) in [7, 11) is 0. The molecule has 22 heavy (non-hydrogen) atoms. The molecule has 0 radical (unpaired) electrons. The second kappa shape index (κ2) is 6.65. The van der Waals surface area contributed by atoms with Crippen molar-refractivity contribution in [3.05, 3.63) is 59.7 Å². The molecule has 0 aliphatic carbocycles. The van der Waals surface area contributed by atoms with Crippen molar-refractivity contribution in [2.24, 2.45) is 0 Å². The highest BCUT2D eigenvalue weighted by atomic mass is 16.1. The van der Waals surface area contributed by atoms with Gasteiger partial charge in [-0.2, -0.15) is 0 Å². The standard InChI is InChI=1S/C19H22N2O/c1-2-15-5-9-17(10-6-15)20-19(22)16-7-11-18(12-8-16)21-13-3-4-14-21/h5-12H,2-4,13-14H2,1H3,(H,20,22). The highest BCUT2D eigenvalue weighted by Gasteiger charge is 2.13. The molecule has 2 aromatic carbocycles. The molecule has 3 heteroatoms. The van der Waals surface area contributed by atoms with Crippen LogP contribution in [-0.4, -0.2) is 19.0 Å². The maximum Gasteiger partial charge on any atom is 0.255 e. The molecule has 1 N–H and O–H groups in total. The van der Waals surface area contributed by atoms with E-state index in [9.17, 15) is 4.79 Å². The number of aryl methyl sites for hydroxylation is 1. The van der Waals surface area contributed by atoms with E-state index in [1.807, 2.05) is 48.5 Å². The summed E-state index contributed by atoms with van der Waals surface area (Å²) < 4.78 is 0. The van der Waals surface area contributed by atoms with E-state index in [2.05, 4.69) is 17.1 Å². The fourth-order valence-electron chi connectivity index (χ4n) is 2.83. The molecule has 1 fully saturated rings. The first kappa shape index (κ1) is 14.6. The maximum absolute atomic E-state index is 12.3. The molecule has 0 saturated carbocycles. The third kappa shape index (κ3) is 3.30. The SMILES string of the molecule is CCc1ccc(NC(=O)c2ccc(N3CCCC3)cc2)cc1. The number of anilines is 2. The van der Waals surface area contributed by atoms with E-state index in [0.717, 1.165) is 25.2 Å². The topological polar surface area (TPSA) is 32.3 Å². The lowest BCUT2D eigenvalue weighted by atomic mass is 10.1. The van der Waals surface area contributed by atoms with Crippen molar-refractivity contribution in [3.8, 4) is 0 Å². The molecule has 3 rings (SSSR count). The van der Waals surface area contributed by atoms with Crippen molar-refractivity contribution in [1.82, 2.24) is 0 Å². The van der Waals surface area contributed by atoms with Gasteiger partial charge in [-0.05, 0) is 61.2 Å². The number of hydrogen-bond acceptors (Lipinski definition) is 2. The molecule has 2 aromatic rings. The fraction of sp³-hybridized carbons (Fsp3) is 0.316. The molecule has 1 saturated heterocycles. The average Bonchev–Trinajstić information content (AvgIpc) is 3.10. The minimum absolute atomic E-state index is 0.0581. The summed E-state index contributed by atoms with van der Waals surface area (Å²) in [6.07, 6.45) is 3.53. The number of hydrogen-bond donors (Lipinski definition) is 1. The van der Waals surface area contributed by atoms with Gasteiger partial charge in [0, 0.05) is 30.0 Å². The smallest absolute Gasteiger partial charge is 0.255 e. The molecular formula is C19H22N2O. The first-order chi connectivity index (χ1) is 10.8. The number of nitrogens with one attached hydrogen (secondary N) is 1. The Morgan fingerprint density at radius 2 is 1.64 bits per heavy atom. The van der Waals surface area contributed by atoms with Gasteiger partial charge in [0.25, 0.3) is 5.91 Å². The van der Waals surface area contributed by atoms with Gasteiger partial charge >= 0.3 is 0 Å². The van der Waals surface area contributed by atoms with Gasteiger partial charge in [-0.3, -0.25) is 4.79 Å². The third-order valence-corrected chi connectivity index (χ3v) is 4.22. The Balaban J connectivity index is 1.66. The zero-order chi connectivity index (χ0) is 15.4. The van der Waals surface area contributed by atoms with E-state index in [-0.39, 0.29) is 5.91 Å². The van der Waals surface area contributed by atoms with Gasteiger partial charge in [0.1, 0.15) is 0 Å². The lowest BCUT2D eigenvalue weighted by Gasteiger charge is -2.17. The van der Waals surface area contributed by atoms with Gasteiger partial charge in [-0.1, -0.05) is 19.1 Å². The highest BCUT2D eigenvalue weighted by molar-refractivity contribution is 6.04. The van der Waals surface area contributed by atoms with Crippen LogP contribution in [0.1, 0.15) is 35.7 Å². The molecule has 0 bridgehead atoms. The van der Waals surface area contributed by atoms with Crippen LogP contribution in [0.4, 0.5) is 11.4 Å². The second-order valence-electron chi connectivity index (χ2n) is 5.75. The zero-order valence-corrected chi connectivity index (χ0v) is 13.0. The van der Waals surface area contributed by atoms with Crippen molar-refractivity contribution in [2.75, 3.05) is 23.3 Å². The Morgan fingerprint density at radius 1 is 1.00 bits per heavy atom. The van der Waals surface area contributed by atoms with Crippen LogP contribution in [0.15, 0.2) is 48.5 Å². The molecule has 3 nitrogen and oxygen atoms in total. The summed E-state index contributed by atoms with van der Waals surface area (Å²) in [6.45, 7) is 4.36. The van der Waals surface area contributed by atoms with E-state index in [1.165, 1.54) is 24.1 Å². The normalized spacial score (nSPS) is 14.1. The first-order valence-corrected chi connectivity index (χ1v) is 8.01. The number of rotatable bonds is 4. The molecule has 1 heterocycles. The van der Waals surface area contributed by atoms with Crippen molar-refractivity contribution >= 4 is 17.3 Å². The Morgan fingerprint density at radius 3 is 2.23 bits per heavy atom. The molecule has 0 unspecified atom stereocenters. The van der Waals surface area contributed by atoms with E-state index >= 15 is 0 Å². The van der Waals surface area contributed by atoms with E-state index in [1.54, 1.807) is 0 Å². The van der Waals surface area contributed by atoms with E-state index in [0.29, 0.717) is 5.56 Å². The Bertz CT molecular complexity index is 625. The Kier molecular flexibility index (Phi) is 4.42. The predicted octanol–water partition coefficient (Wildman–Crippen LogP) is 4.10. The van der Waals surface area contributed by atoms with Gasteiger partial charge < -0.3 is 10.2 Å². The number of carbonyl (C=O) groups is 1. The van der Waals surface area contributed by atoms with Crippen LogP contribution in [0.3, 0.4) is 0 Å². The third-order valence-electron chi connectivity index (χ3n) is 4.22. The molecule has 1 amide bonds. The second-order valence-corrected chi connectivity index (χ2v) is 5.75. The van der Waals surface area contributed by atoms with Crippen molar-refractivity contribution < 1.29 is 4.79 Å². The summed E-state index contributed by atoms with van der Waals surface area (Å²) in [6, 6.07) is 15.9. The maximum atomic E-state index is 12.3. The number of benzene rings is 2. The van der Waals surface area contributed by atoms with Gasteiger partial charge in [0.15, 0.2) is 0 Å². The van der Waals surface area contributed by atoms with Crippen molar-refractivity contribution in [2.45, 2.75) is 26.2 Å². The summed E-state index contributed by atoms with van der Waals surface area (Å²) in [5.41, 5.74) is 4.02. The lowest BCUT2D eigenvalue weighted by Crippen LogP contribution is -2.18. The van der Waals surface area contributed by atoms with Crippen LogP contribution in [0, 0.1) is 0 Å². The predicted molar refractivity (Wildman–Crippen MR) is 91.7 cm³/mol. The van der Waals surface area contributed by atoms with Crippen molar-refractivity contribution in [1.29, 1.82) is 0 Å². The summed E-state index contributed by atoms with van der Waals surface area (Å²) in [5, 5.41) is 2.95. The van der Waals surface area contributed by atoms with Gasteiger partial charge in [0.05, 0.1) is 0 Å². The largest absolute Gasteiger partial charge is 0.372 e. The molecular weight excluding hydrogens is 272 g/mol. The van der Waals surface area contributed by atoms with Crippen molar-refractivity contribution in [3.63, 3.8) is 0 Å². The summed E-state index contributed by atoms with van der Waals surface area (Å²) in [5.74, 6) is -0.0581. The quantitative estimate of drug-likeness (QED) is 0.920. The monoisotopic (exact) mass is 294 g/mol. The number of carbonyl (C=O) groups excluding carboxylic acids is 1. The van der Waals surface area contributed by atoms with Crippen LogP contribution in [0.25, 0.3) is 0 Å². The lowest BCUT2D eigenvalue weighted by molar-refractivity contribution is 0.102. The minimum Gasteiger partial charge on any atom is -0.372 e. The molecule has 0 aromatic heterocycles. The zero-order valence-electron chi connectivity index (χ0n) is 13.0. The van der Waals surface area contributed by atoms with Crippen LogP contribution in [-0.2, 0) is 6.42 Å². The summed E-state index contributed by atoms with van der Waals surface area (Å²) in [4.78, 5) is 14.6. The molecule has 0 spiro atoms. The van der Waals surface area contributed by atoms with Crippen LogP contribution < -0.4 is 10.2 Å². The van der Waals surface area contributed by atoms with Crippen LogP contribution in [0.2, 0.25) is 0 Å². The van der Waals surface area contributed by atoms with Gasteiger partial charge in [-0.15, -0.1) is 0 Å².